The van der Waals surface area contributed by atoms with E-state index in [0.717, 1.165) is 4.31 Å². The first-order chi connectivity index (χ1) is 17.7. The number of rotatable bonds is 0. The summed E-state index contributed by atoms with van der Waals surface area (Å²) in [7, 11) is -1.07. The van der Waals surface area contributed by atoms with E-state index in [0.29, 0.717) is 35.5 Å². The molecule has 0 fully saturated rings. The summed E-state index contributed by atoms with van der Waals surface area (Å²) in [5, 5.41) is 5.55. The maximum atomic E-state index is 13.1. The van der Waals surface area contributed by atoms with Gasteiger partial charge in [0.2, 0.25) is 27.7 Å². The molecule has 2 aromatic carbocycles. The van der Waals surface area contributed by atoms with Crippen LogP contribution in [0.15, 0.2) is 52.4 Å². The molecule has 0 saturated carbocycles. The largest absolute Gasteiger partial charge is 0.345 e. The van der Waals surface area contributed by atoms with E-state index in [2.05, 4.69) is 27.5 Å². The van der Waals surface area contributed by atoms with Crippen LogP contribution < -0.4 is 10.6 Å². The normalized spacial score (nSPS) is 20.6. The molecule has 192 valence electrons. The number of sulfonamides is 1. The fraction of sp³-hybridized carbons (Fsp3) is 0.308. The Labute approximate surface area is 215 Å². The molecular formula is C26H27N5O5S. The molecule has 10 nitrogen and oxygen atoms in total. The van der Waals surface area contributed by atoms with Gasteiger partial charge in [-0.2, -0.15) is 4.31 Å². The number of carbonyl (C=O) groups is 3. The summed E-state index contributed by atoms with van der Waals surface area (Å²) in [4.78, 5) is 43.2. The Kier molecular flexibility index (Phi) is 7.71. The smallest absolute Gasteiger partial charge is 0.243 e. The lowest BCUT2D eigenvalue weighted by Crippen LogP contribution is -2.39. The topological polar surface area (TPSA) is 128 Å². The van der Waals surface area contributed by atoms with Gasteiger partial charge in [0.1, 0.15) is 5.92 Å². The number of carbonyl (C=O) groups excluding carboxylic acids is 3. The van der Waals surface area contributed by atoms with Gasteiger partial charge in [-0.25, -0.2) is 8.42 Å². The first-order valence-corrected chi connectivity index (χ1v) is 13.1. The fourth-order valence-corrected chi connectivity index (χ4v) is 5.20. The summed E-state index contributed by atoms with van der Waals surface area (Å²) >= 11 is 0. The SMILES string of the molecule is CN1CCCC(=O)NCC#Cc2cccc3c2C(C=Nc2cccc(c2)S(=O)(=O)N(C)CC1=O)C(=O)N3. The van der Waals surface area contributed by atoms with Gasteiger partial charge in [-0.15, -0.1) is 0 Å². The molecule has 1 unspecified atom stereocenters. The molecule has 1 atom stereocenters. The van der Waals surface area contributed by atoms with Gasteiger partial charge >= 0.3 is 0 Å². The number of benzene rings is 2. The summed E-state index contributed by atoms with van der Waals surface area (Å²) in [6.07, 6.45) is 2.07. The van der Waals surface area contributed by atoms with Crippen LogP contribution in [0, 0.1) is 11.8 Å². The molecular weight excluding hydrogens is 494 g/mol. The van der Waals surface area contributed by atoms with Crippen molar-refractivity contribution in [3.63, 3.8) is 0 Å². The van der Waals surface area contributed by atoms with Crippen LogP contribution in [0.4, 0.5) is 11.4 Å². The van der Waals surface area contributed by atoms with Crippen LogP contribution in [0.2, 0.25) is 0 Å². The zero-order valence-electron chi connectivity index (χ0n) is 20.5. The van der Waals surface area contributed by atoms with E-state index < -0.39 is 21.8 Å². The van der Waals surface area contributed by atoms with Gasteiger partial charge in [0.25, 0.3) is 0 Å². The van der Waals surface area contributed by atoms with Crippen molar-refractivity contribution in [1.82, 2.24) is 14.5 Å². The van der Waals surface area contributed by atoms with Crippen LogP contribution >= 0.6 is 0 Å². The van der Waals surface area contributed by atoms with Crippen LogP contribution in [0.5, 0.6) is 0 Å². The molecule has 0 spiro atoms. The van der Waals surface area contributed by atoms with Gasteiger partial charge in [-0.1, -0.05) is 24.0 Å². The quantitative estimate of drug-likeness (QED) is 0.508. The Balaban J connectivity index is 1.71. The third-order valence-electron chi connectivity index (χ3n) is 6.13. The summed E-state index contributed by atoms with van der Waals surface area (Å²) in [6.45, 7) is 0.0807. The van der Waals surface area contributed by atoms with Gasteiger partial charge in [0.15, 0.2) is 0 Å². The van der Waals surface area contributed by atoms with Crippen molar-refractivity contribution >= 4 is 45.3 Å². The molecule has 11 heteroatoms. The van der Waals surface area contributed by atoms with Crippen LogP contribution in [0.1, 0.15) is 29.9 Å². The van der Waals surface area contributed by atoms with Crippen molar-refractivity contribution in [2.75, 3.05) is 39.0 Å². The van der Waals surface area contributed by atoms with Crippen molar-refractivity contribution in [2.24, 2.45) is 4.99 Å². The summed E-state index contributed by atoms with van der Waals surface area (Å²) < 4.78 is 27.2. The second-order valence-corrected chi connectivity index (χ2v) is 10.8. The standard InChI is InChI=1S/C26H27N5O5S/c1-30-14-6-12-23(32)27-13-5-8-18-7-3-11-22-25(18)21(26(34)29-22)16-28-19-9-4-10-20(15-19)37(35,36)31(2)17-24(30)33/h3-4,7,9-11,15-16,21H,6,12-14,17H2,1-2H3,(H,27,32)(H,29,34). The molecule has 0 radical (unpaired) electrons. The fourth-order valence-electron chi connectivity index (χ4n) is 4.04. The van der Waals surface area contributed by atoms with Gasteiger partial charge in [0.05, 0.1) is 23.7 Å². The van der Waals surface area contributed by atoms with E-state index in [1.165, 1.54) is 30.3 Å². The number of aliphatic imine (C=N–C) groups is 1. The number of nitrogens with zero attached hydrogens (tertiary/aromatic N) is 3. The van der Waals surface area contributed by atoms with E-state index in [9.17, 15) is 22.8 Å². The van der Waals surface area contributed by atoms with Crippen LogP contribution in [0.3, 0.4) is 0 Å². The van der Waals surface area contributed by atoms with E-state index in [4.69, 9.17) is 0 Å². The Morgan fingerprint density at radius 3 is 2.68 bits per heavy atom. The molecule has 2 N–H and O–H groups in total. The highest BCUT2D eigenvalue weighted by atomic mass is 32.2. The van der Waals surface area contributed by atoms with Crippen molar-refractivity contribution < 1.29 is 22.8 Å². The number of likely N-dealkylation sites (N-methyl/N-ethyl adjacent to an activating group) is 2. The maximum Gasteiger partial charge on any atom is 0.243 e. The molecule has 2 aliphatic rings. The predicted octanol–water partition coefficient (Wildman–Crippen LogP) is 1.47. The van der Waals surface area contributed by atoms with Crippen molar-refractivity contribution in [2.45, 2.75) is 23.7 Å². The molecule has 2 aliphatic heterocycles. The average molecular weight is 522 g/mol. The minimum Gasteiger partial charge on any atom is -0.345 e. The minimum atomic E-state index is -3.98. The third kappa shape index (κ3) is 5.87. The number of fused-ring (bicyclic) bond motifs is 2. The molecule has 3 amide bonds. The second-order valence-electron chi connectivity index (χ2n) is 8.77. The Hall–Kier alpha value is -4.01. The Bertz CT molecular complexity index is 1440. The monoisotopic (exact) mass is 521 g/mol. The molecule has 2 aromatic rings. The van der Waals surface area contributed by atoms with Crippen molar-refractivity contribution in [3.05, 3.63) is 53.6 Å². The van der Waals surface area contributed by atoms with E-state index in [1.54, 1.807) is 37.4 Å². The number of hydrogen-bond donors (Lipinski definition) is 2. The summed E-state index contributed by atoms with van der Waals surface area (Å²) in [6, 6.07) is 11.4. The van der Waals surface area contributed by atoms with E-state index in [-0.39, 0.29) is 36.2 Å². The van der Waals surface area contributed by atoms with Gasteiger partial charge in [0, 0.05) is 50.1 Å². The summed E-state index contributed by atoms with van der Waals surface area (Å²) in [5.74, 6) is 4.36. The zero-order valence-corrected chi connectivity index (χ0v) is 21.3. The molecule has 2 bridgehead atoms. The second kappa shape index (κ2) is 10.9. The predicted molar refractivity (Wildman–Crippen MR) is 139 cm³/mol. The Morgan fingerprint density at radius 1 is 1.08 bits per heavy atom. The highest BCUT2D eigenvalue weighted by Gasteiger charge is 2.31. The van der Waals surface area contributed by atoms with Crippen molar-refractivity contribution in [3.8, 4) is 11.8 Å². The summed E-state index contributed by atoms with van der Waals surface area (Å²) in [5.41, 5.74) is 2.27. The first kappa shape index (κ1) is 26.1. The number of amides is 3. The lowest BCUT2D eigenvalue weighted by Gasteiger charge is -2.22. The number of anilines is 1. The molecule has 0 aromatic heterocycles. The van der Waals surface area contributed by atoms with Gasteiger partial charge < -0.3 is 15.5 Å². The lowest BCUT2D eigenvalue weighted by molar-refractivity contribution is -0.130. The third-order valence-corrected chi connectivity index (χ3v) is 7.93. The number of nitrogens with one attached hydrogen (secondary N) is 2. The molecule has 0 saturated heterocycles. The van der Waals surface area contributed by atoms with Crippen LogP contribution in [-0.4, -0.2) is 75.3 Å². The van der Waals surface area contributed by atoms with E-state index in [1.807, 2.05) is 0 Å². The molecule has 0 aliphatic carbocycles. The lowest BCUT2D eigenvalue weighted by atomic mass is 9.96. The van der Waals surface area contributed by atoms with Crippen LogP contribution in [0.25, 0.3) is 0 Å². The number of hydrogen-bond acceptors (Lipinski definition) is 6. The highest BCUT2D eigenvalue weighted by Crippen LogP contribution is 2.34. The highest BCUT2D eigenvalue weighted by molar-refractivity contribution is 7.89. The first-order valence-electron chi connectivity index (χ1n) is 11.7. The average Bonchev–Trinajstić information content (AvgIpc) is 3.20. The van der Waals surface area contributed by atoms with E-state index >= 15 is 0 Å². The Morgan fingerprint density at radius 2 is 1.86 bits per heavy atom. The van der Waals surface area contributed by atoms with Crippen molar-refractivity contribution in [1.29, 1.82) is 0 Å². The molecule has 4 rings (SSSR count). The zero-order chi connectivity index (χ0) is 26.6. The van der Waals surface area contributed by atoms with Crippen LogP contribution in [-0.2, 0) is 24.4 Å². The van der Waals surface area contributed by atoms with Gasteiger partial charge in [-0.05, 0) is 36.8 Å². The molecule has 37 heavy (non-hydrogen) atoms. The maximum absolute atomic E-state index is 13.1. The molecule has 2 heterocycles. The minimum absolute atomic E-state index is 0.0227. The van der Waals surface area contributed by atoms with Gasteiger partial charge in [-0.3, -0.25) is 19.4 Å².